The van der Waals surface area contributed by atoms with Crippen LogP contribution in [0.2, 0.25) is 0 Å². The van der Waals surface area contributed by atoms with Gasteiger partial charge in [-0.2, -0.15) is 5.10 Å². The van der Waals surface area contributed by atoms with Gasteiger partial charge in [-0.3, -0.25) is 4.79 Å². The molecule has 3 unspecified atom stereocenters. The van der Waals surface area contributed by atoms with Gasteiger partial charge in [0.1, 0.15) is 0 Å². The summed E-state index contributed by atoms with van der Waals surface area (Å²) in [5.74, 6) is 1.38. The predicted molar refractivity (Wildman–Crippen MR) is 158 cm³/mol. The lowest BCUT2D eigenvalue weighted by atomic mass is 9.76. The van der Waals surface area contributed by atoms with E-state index in [1.165, 1.54) is 23.8 Å². The van der Waals surface area contributed by atoms with Gasteiger partial charge in [0.05, 0.1) is 30.2 Å². The molecule has 1 heterocycles. The van der Waals surface area contributed by atoms with Gasteiger partial charge in [-0.05, 0) is 78.3 Å². The van der Waals surface area contributed by atoms with E-state index in [0.717, 1.165) is 34.7 Å². The third-order valence-electron chi connectivity index (χ3n) is 7.57. The first-order valence-corrected chi connectivity index (χ1v) is 14.3. The molecule has 0 radical (unpaired) electrons. The van der Waals surface area contributed by atoms with Gasteiger partial charge < -0.3 is 10.1 Å². The molecule has 0 bridgehead atoms. The zero-order chi connectivity index (χ0) is 27.4. The zero-order valence-electron chi connectivity index (χ0n) is 22.4. The van der Waals surface area contributed by atoms with Crippen LogP contribution in [0.3, 0.4) is 0 Å². The summed E-state index contributed by atoms with van der Waals surface area (Å²) in [6, 6.07) is 22.4. The molecular weight excluding hydrogens is 506 g/mol. The number of anilines is 1. The molecule has 6 nitrogen and oxygen atoms in total. The second-order valence-electron chi connectivity index (χ2n) is 10.0. The molecule has 0 saturated carbocycles. The number of hydrogen-bond donors (Lipinski definition) is 2. The highest BCUT2D eigenvalue weighted by atomic mass is 32.2. The fourth-order valence-corrected chi connectivity index (χ4v) is 6.26. The number of amides is 1. The second-order valence-corrected chi connectivity index (χ2v) is 11.0. The van der Waals surface area contributed by atoms with Gasteiger partial charge in [0.15, 0.2) is 0 Å². The zero-order valence-corrected chi connectivity index (χ0v) is 23.3. The number of ether oxygens (including phenoxy) is 1. The van der Waals surface area contributed by atoms with Crippen molar-refractivity contribution in [3.05, 3.63) is 112 Å². The van der Waals surface area contributed by atoms with Crippen LogP contribution in [-0.4, -0.2) is 30.5 Å². The van der Waals surface area contributed by atoms with Crippen molar-refractivity contribution < 1.29 is 14.3 Å². The van der Waals surface area contributed by atoms with E-state index >= 15 is 0 Å². The SMILES string of the molecule is COC(=O)c1ccc(C2Nc3ccc(C(C)=NNC(=O)CSCc4ccccc4C)cc3C3C=CCC32)cc1. The van der Waals surface area contributed by atoms with E-state index in [2.05, 4.69) is 59.2 Å². The number of esters is 1. The van der Waals surface area contributed by atoms with Crippen LogP contribution in [0.1, 0.15) is 63.5 Å². The number of rotatable bonds is 8. The highest BCUT2D eigenvalue weighted by Crippen LogP contribution is 2.50. The predicted octanol–water partition coefficient (Wildman–Crippen LogP) is 6.38. The summed E-state index contributed by atoms with van der Waals surface area (Å²) in [6.07, 6.45) is 5.53. The second kappa shape index (κ2) is 11.9. The average molecular weight is 540 g/mol. The first-order valence-electron chi connectivity index (χ1n) is 13.2. The molecule has 7 heteroatoms. The largest absolute Gasteiger partial charge is 0.465 e. The molecule has 3 aromatic rings. The molecule has 39 heavy (non-hydrogen) atoms. The Morgan fingerprint density at radius 2 is 1.85 bits per heavy atom. The fourth-order valence-electron chi connectivity index (χ4n) is 5.36. The molecule has 1 aliphatic heterocycles. The van der Waals surface area contributed by atoms with Crippen LogP contribution in [0.4, 0.5) is 5.69 Å². The van der Waals surface area contributed by atoms with Crippen LogP contribution in [0.15, 0.2) is 84.0 Å². The molecule has 0 aromatic heterocycles. The van der Waals surface area contributed by atoms with Crippen molar-refractivity contribution in [1.29, 1.82) is 0 Å². The number of hydrogen-bond acceptors (Lipinski definition) is 6. The molecule has 2 N–H and O–H groups in total. The average Bonchev–Trinajstić information content (AvgIpc) is 3.46. The topological polar surface area (TPSA) is 79.8 Å². The first kappa shape index (κ1) is 26.8. The quantitative estimate of drug-likeness (QED) is 0.150. The number of nitrogens with one attached hydrogen (secondary N) is 2. The van der Waals surface area contributed by atoms with Crippen molar-refractivity contribution in [1.82, 2.24) is 5.43 Å². The third-order valence-corrected chi connectivity index (χ3v) is 8.55. The lowest BCUT2D eigenvalue weighted by Gasteiger charge is -2.37. The maximum absolute atomic E-state index is 12.4. The molecule has 3 aromatic carbocycles. The van der Waals surface area contributed by atoms with Gasteiger partial charge >= 0.3 is 5.97 Å². The highest BCUT2D eigenvalue weighted by Gasteiger charge is 2.38. The monoisotopic (exact) mass is 539 g/mol. The Balaban J connectivity index is 1.25. The Morgan fingerprint density at radius 1 is 1.08 bits per heavy atom. The normalized spacial score (nSPS) is 19.6. The minimum atomic E-state index is -0.328. The Kier molecular flexibility index (Phi) is 8.17. The van der Waals surface area contributed by atoms with E-state index in [1.54, 1.807) is 11.8 Å². The van der Waals surface area contributed by atoms with Gasteiger partial charge in [0.25, 0.3) is 0 Å². The van der Waals surface area contributed by atoms with Gasteiger partial charge in [-0.25, -0.2) is 10.2 Å². The van der Waals surface area contributed by atoms with E-state index in [9.17, 15) is 9.59 Å². The van der Waals surface area contributed by atoms with Crippen LogP contribution in [0.5, 0.6) is 0 Å². The van der Waals surface area contributed by atoms with Gasteiger partial charge in [-0.15, -0.1) is 11.8 Å². The molecule has 200 valence electrons. The van der Waals surface area contributed by atoms with E-state index in [-0.39, 0.29) is 23.8 Å². The molecule has 2 aliphatic rings. The molecule has 0 spiro atoms. The molecule has 0 fully saturated rings. The Bertz CT molecular complexity index is 1430. The number of allylic oxidation sites excluding steroid dienone is 2. The first-order chi connectivity index (χ1) is 18.9. The summed E-state index contributed by atoms with van der Waals surface area (Å²) in [6.45, 7) is 4.01. The number of carbonyl (C=O) groups excluding carboxylic acids is 2. The van der Waals surface area contributed by atoms with E-state index in [0.29, 0.717) is 17.2 Å². The van der Waals surface area contributed by atoms with Crippen LogP contribution in [0, 0.1) is 12.8 Å². The Labute approximate surface area is 233 Å². The minimum absolute atomic E-state index is 0.104. The van der Waals surface area contributed by atoms with Crippen LogP contribution >= 0.6 is 11.8 Å². The smallest absolute Gasteiger partial charge is 0.337 e. The summed E-state index contributed by atoms with van der Waals surface area (Å²) < 4.78 is 4.84. The number of carbonyl (C=O) groups is 2. The van der Waals surface area contributed by atoms with Crippen molar-refractivity contribution in [2.45, 2.75) is 38.0 Å². The lowest BCUT2D eigenvalue weighted by Crippen LogP contribution is -2.29. The summed E-state index contributed by atoms with van der Waals surface area (Å²) in [5, 5.41) is 8.13. The molecular formula is C32H33N3O3S. The van der Waals surface area contributed by atoms with Crippen molar-refractivity contribution >= 4 is 35.0 Å². The van der Waals surface area contributed by atoms with Gasteiger partial charge in [-0.1, -0.05) is 54.6 Å². The maximum atomic E-state index is 12.4. The van der Waals surface area contributed by atoms with Crippen molar-refractivity contribution in [2.24, 2.45) is 11.0 Å². The van der Waals surface area contributed by atoms with E-state index in [4.69, 9.17) is 4.74 Å². The fraction of sp³-hybridized carbons (Fsp3) is 0.281. The summed E-state index contributed by atoms with van der Waals surface area (Å²) in [7, 11) is 1.40. The highest BCUT2D eigenvalue weighted by molar-refractivity contribution is 7.99. The summed E-state index contributed by atoms with van der Waals surface area (Å²) in [4.78, 5) is 24.2. The van der Waals surface area contributed by atoms with Crippen LogP contribution < -0.4 is 10.7 Å². The number of methoxy groups -OCH3 is 1. The van der Waals surface area contributed by atoms with Gasteiger partial charge in [0.2, 0.25) is 5.91 Å². The number of hydrazone groups is 1. The molecule has 3 atom stereocenters. The number of fused-ring (bicyclic) bond motifs is 3. The third kappa shape index (κ3) is 5.93. The van der Waals surface area contributed by atoms with Crippen LogP contribution in [0.25, 0.3) is 0 Å². The number of nitrogens with zero attached hydrogens (tertiary/aromatic N) is 1. The van der Waals surface area contributed by atoms with Crippen molar-refractivity contribution in [2.75, 3.05) is 18.2 Å². The molecule has 1 aliphatic carbocycles. The van der Waals surface area contributed by atoms with E-state index < -0.39 is 0 Å². The number of benzene rings is 3. The Hall–Kier alpha value is -3.84. The van der Waals surface area contributed by atoms with Crippen molar-refractivity contribution in [3.63, 3.8) is 0 Å². The number of aryl methyl sites for hydroxylation is 1. The summed E-state index contributed by atoms with van der Waals surface area (Å²) in [5.41, 5.74) is 11.0. The molecule has 1 amide bonds. The number of thioether (sulfide) groups is 1. The van der Waals surface area contributed by atoms with E-state index in [1.807, 2.05) is 49.4 Å². The maximum Gasteiger partial charge on any atom is 0.337 e. The molecule has 0 saturated heterocycles. The summed E-state index contributed by atoms with van der Waals surface area (Å²) >= 11 is 1.59. The molecule has 5 rings (SSSR count). The van der Waals surface area contributed by atoms with Crippen LogP contribution in [-0.2, 0) is 15.3 Å². The van der Waals surface area contributed by atoms with Crippen molar-refractivity contribution in [3.8, 4) is 0 Å². The Morgan fingerprint density at radius 3 is 2.62 bits per heavy atom. The van der Waals surface area contributed by atoms with Gasteiger partial charge in [0, 0.05) is 17.4 Å². The standard InChI is InChI=1S/C32H33N3O3S/c1-20-7-4-5-8-25(20)18-39-19-30(36)35-34-21(2)24-15-16-29-28(17-24)26-9-6-10-27(26)31(33-29)22-11-13-23(14-12-22)32(37)38-3/h4-9,11-17,26-27,31,33H,10,18-19H2,1-3H3,(H,35,36). The minimum Gasteiger partial charge on any atom is -0.465 e. The lowest BCUT2D eigenvalue weighted by molar-refractivity contribution is -0.118.